The van der Waals surface area contributed by atoms with E-state index in [1.807, 2.05) is 6.07 Å². The highest BCUT2D eigenvalue weighted by atomic mass is 16.5. The van der Waals surface area contributed by atoms with E-state index in [2.05, 4.69) is 5.32 Å². The summed E-state index contributed by atoms with van der Waals surface area (Å²) in [7, 11) is 3.11. The molecule has 1 N–H and O–H groups in total. The highest BCUT2D eigenvalue weighted by Crippen LogP contribution is 2.44. The molecule has 0 atom stereocenters. The Hall–Kier alpha value is -2.89. The van der Waals surface area contributed by atoms with Crippen molar-refractivity contribution < 1.29 is 23.7 Å². The molecule has 0 radical (unpaired) electrons. The van der Waals surface area contributed by atoms with Gasteiger partial charge in [0.15, 0.2) is 0 Å². The van der Waals surface area contributed by atoms with Gasteiger partial charge in [0.2, 0.25) is 0 Å². The Bertz CT molecular complexity index is 792. The molecule has 6 heteroatoms. The maximum Gasteiger partial charge on any atom is 0.256 e. The molecule has 2 aromatic carbocycles. The lowest BCUT2D eigenvalue weighted by Crippen LogP contribution is -2.14. The van der Waals surface area contributed by atoms with Gasteiger partial charge in [0, 0.05) is 35.6 Å². The smallest absolute Gasteiger partial charge is 0.256 e. The summed E-state index contributed by atoms with van der Waals surface area (Å²) in [6.07, 6.45) is 1.57. The second-order valence-electron chi connectivity index (χ2n) is 5.97. The van der Waals surface area contributed by atoms with Crippen molar-refractivity contribution in [1.29, 1.82) is 0 Å². The fraction of sp³-hybridized carbons (Fsp3) is 0.316. The van der Waals surface area contributed by atoms with Crippen LogP contribution in [0.25, 0.3) is 0 Å². The summed E-state index contributed by atoms with van der Waals surface area (Å²) in [4.78, 5) is 12.8. The van der Waals surface area contributed by atoms with Gasteiger partial charge in [0.05, 0.1) is 33.1 Å². The lowest BCUT2D eigenvalue weighted by atomic mass is 10.0. The minimum absolute atomic E-state index is 0.241. The van der Waals surface area contributed by atoms with Crippen LogP contribution in [0.3, 0.4) is 0 Å². The number of methoxy groups -OCH3 is 2. The zero-order valence-corrected chi connectivity index (χ0v) is 14.2. The number of benzene rings is 2. The molecule has 0 unspecified atom stereocenters. The zero-order valence-electron chi connectivity index (χ0n) is 14.2. The molecule has 25 heavy (non-hydrogen) atoms. The molecule has 0 saturated carbocycles. The molecule has 130 valence electrons. The van der Waals surface area contributed by atoms with Crippen molar-refractivity contribution in [3.05, 3.63) is 41.0 Å². The molecule has 2 aliphatic heterocycles. The van der Waals surface area contributed by atoms with Crippen LogP contribution in [-0.2, 0) is 12.8 Å². The molecule has 2 aliphatic rings. The maximum atomic E-state index is 12.8. The van der Waals surface area contributed by atoms with Crippen molar-refractivity contribution in [2.75, 3.05) is 32.8 Å². The molecule has 0 spiro atoms. The van der Waals surface area contributed by atoms with Gasteiger partial charge in [-0.2, -0.15) is 0 Å². The largest absolute Gasteiger partial charge is 0.497 e. The van der Waals surface area contributed by atoms with Gasteiger partial charge in [-0.15, -0.1) is 0 Å². The Kier molecular flexibility index (Phi) is 3.87. The summed E-state index contributed by atoms with van der Waals surface area (Å²) < 4.78 is 21.9. The molecule has 2 aromatic rings. The lowest BCUT2D eigenvalue weighted by Gasteiger charge is -2.15. The standard InChI is InChI=1S/C19H19NO5/c1-22-13-7-12(8-14(10-13)23-2)19(21)20-17-15-4-6-24-16(15)9-11-3-5-25-18(11)17/h7-10H,3-6H2,1-2H3,(H,20,21). The van der Waals surface area contributed by atoms with Gasteiger partial charge in [-0.25, -0.2) is 0 Å². The molecule has 4 rings (SSSR count). The first-order chi connectivity index (χ1) is 12.2. The molecular formula is C19H19NO5. The molecule has 0 saturated heterocycles. The quantitative estimate of drug-likeness (QED) is 0.926. The minimum atomic E-state index is -0.241. The van der Waals surface area contributed by atoms with Crippen molar-refractivity contribution in [3.8, 4) is 23.0 Å². The summed E-state index contributed by atoms with van der Waals surface area (Å²) in [5, 5.41) is 3.01. The number of nitrogens with one attached hydrogen (secondary N) is 1. The second kappa shape index (κ2) is 6.20. The van der Waals surface area contributed by atoms with Crippen LogP contribution in [-0.4, -0.2) is 33.3 Å². The van der Waals surface area contributed by atoms with Gasteiger partial charge in [-0.3, -0.25) is 4.79 Å². The predicted octanol–water partition coefficient (Wildman–Crippen LogP) is 2.83. The molecule has 0 aliphatic carbocycles. The van der Waals surface area contributed by atoms with Crippen LogP contribution < -0.4 is 24.3 Å². The van der Waals surface area contributed by atoms with Gasteiger partial charge >= 0.3 is 0 Å². The van der Waals surface area contributed by atoms with Gasteiger partial charge in [-0.1, -0.05) is 0 Å². The summed E-state index contributed by atoms with van der Waals surface area (Å²) in [5.41, 5.74) is 3.23. The van der Waals surface area contributed by atoms with Gasteiger partial charge in [-0.05, 0) is 18.2 Å². The van der Waals surface area contributed by atoms with E-state index in [4.69, 9.17) is 18.9 Å². The normalized spacial score (nSPS) is 14.2. The summed E-state index contributed by atoms with van der Waals surface area (Å²) in [6.45, 7) is 1.24. The number of rotatable bonds is 4. The van der Waals surface area contributed by atoms with Crippen LogP contribution in [0.15, 0.2) is 24.3 Å². The number of carbonyl (C=O) groups is 1. The van der Waals surface area contributed by atoms with E-state index in [-0.39, 0.29) is 5.91 Å². The Labute approximate surface area is 145 Å². The van der Waals surface area contributed by atoms with Crippen molar-refractivity contribution in [2.45, 2.75) is 12.8 Å². The molecule has 6 nitrogen and oxygen atoms in total. The Morgan fingerprint density at radius 2 is 1.72 bits per heavy atom. The van der Waals surface area contributed by atoms with Crippen LogP contribution in [0.5, 0.6) is 23.0 Å². The molecule has 0 bridgehead atoms. The monoisotopic (exact) mass is 341 g/mol. The van der Waals surface area contributed by atoms with E-state index < -0.39 is 0 Å². The van der Waals surface area contributed by atoms with Crippen molar-refractivity contribution in [2.24, 2.45) is 0 Å². The van der Waals surface area contributed by atoms with Crippen molar-refractivity contribution in [1.82, 2.24) is 0 Å². The molecule has 0 aromatic heterocycles. The first-order valence-corrected chi connectivity index (χ1v) is 8.18. The van der Waals surface area contributed by atoms with Crippen molar-refractivity contribution >= 4 is 11.6 Å². The van der Waals surface area contributed by atoms with E-state index in [0.29, 0.717) is 36.0 Å². The average Bonchev–Trinajstić information content (AvgIpc) is 3.29. The third-order valence-electron chi connectivity index (χ3n) is 4.50. The first-order valence-electron chi connectivity index (χ1n) is 8.18. The molecular weight excluding hydrogens is 322 g/mol. The fourth-order valence-corrected chi connectivity index (χ4v) is 3.24. The highest BCUT2D eigenvalue weighted by Gasteiger charge is 2.28. The topological polar surface area (TPSA) is 66.0 Å². The third-order valence-corrected chi connectivity index (χ3v) is 4.50. The second-order valence-corrected chi connectivity index (χ2v) is 5.97. The third kappa shape index (κ3) is 2.73. The molecule has 2 heterocycles. The van der Waals surface area contributed by atoms with E-state index in [1.165, 1.54) is 0 Å². The first kappa shape index (κ1) is 15.6. The van der Waals surface area contributed by atoms with E-state index in [0.717, 1.165) is 35.5 Å². The number of ether oxygens (including phenoxy) is 4. The van der Waals surface area contributed by atoms with Crippen molar-refractivity contribution in [3.63, 3.8) is 0 Å². The number of hydrogen-bond acceptors (Lipinski definition) is 5. The number of anilines is 1. The van der Waals surface area contributed by atoms with E-state index in [9.17, 15) is 4.79 Å². The van der Waals surface area contributed by atoms with Gasteiger partial charge in [0.25, 0.3) is 5.91 Å². The molecule has 0 fully saturated rings. The Balaban J connectivity index is 1.71. The summed E-state index contributed by atoms with van der Waals surface area (Å²) in [5.74, 6) is 2.48. The Morgan fingerprint density at radius 1 is 1.00 bits per heavy atom. The van der Waals surface area contributed by atoms with Crippen LogP contribution in [0.2, 0.25) is 0 Å². The summed E-state index contributed by atoms with van der Waals surface area (Å²) >= 11 is 0. The predicted molar refractivity (Wildman–Crippen MR) is 92.3 cm³/mol. The lowest BCUT2D eigenvalue weighted by molar-refractivity contribution is 0.102. The number of carbonyl (C=O) groups excluding carboxylic acids is 1. The van der Waals surface area contributed by atoms with Gasteiger partial charge < -0.3 is 24.3 Å². The van der Waals surface area contributed by atoms with E-state index in [1.54, 1.807) is 32.4 Å². The van der Waals surface area contributed by atoms with Crippen LogP contribution in [0, 0.1) is 0 Å². The minimum Gasteiger partial charge on any atom is -0.497 e. The number of amides is 1. The van der Waals surface area contributed by atoms with E-state index >= 15 is 0 Å². The fourth-order valence-electron chi connectivity index (χ4n) is 3.24. The summed E-state index contributed by atoms with van der Waals surface area (Å²) in [6, 6.07) is 7.11. The Morgan fingerprint density at radius 3 is 2.44 bits per heavy atom. The average molecular weight is 341 g/mol. The number of hydrogen-bond donors (Lipinski definition) is 1. The number of fused-ring (bicyclic) bond motifs is 2. The van der Waals surface area contributed by atoms with Gasteiger partial charge in [0.1, 0.15) is 23.0 Å². The van der Waals surface area contributed by atoms with Crippen LogP contribution in [0.1, 0.15) is 21.5 Å². The highest BCUT2D eigenvalue weighted by molar-refractivity contribution is 6.06. The molecule has 1 amide bonds. The maximum absolute atomic E-state index is 12.8. The van der Waals surface area contributed by atoms with Crippen LogP contribution in [0.4, 0.5) is 5.69 Å². The van der Waals surface area contributed by atoms with Crippen LogP contribution >= 0.6 is 0 Å². The SMILES string of the molecule is COc1cc(OC)cc(C(=O)Nc2c3c(cc4c2OCC4)OCC3)c1. The zero-order chi connectivity index (χ0) is 17.4.